The number of benzene rings is 1. The molecule has 1 N–H and O–H groups in total. The third kappa shape index (κ3) is 3.87. The van der Waals surface area contributed by atoms with Crippen LogP contribution in [0.2, 0.25) is 5.02 Å². The van der Waals surface area contributed by atoms with Crippen LogP contribution in [-0.2, 0) is 11.2 Å². The van der Waals surface area contributed by atoms with Gasteiger partial charge in [-0.25, -0.2) is 0 Å². The van der Waals surface area contributed by atoms with Crippen molar-refractivity contribution in [1.82, 2.24) is 0 Å². The molecule has 0 spiro atoms. The van der Waals surface area contributed by atoms with Gasteiger partial charge in [0, 0.05) is 0 Å². The van der Waals surface area contributed by atoms with Crippen LogP contribution in [0.3, 0.4) is 0 Å². The van der Waals surface area contributed by atoms with Crippen molar-refractivity contribution in [3.63, 3.8) is 0 Å². The summed E-state index contributed by atoms with van der Waals surface area (Å²) in [5, 5.41) is 9.73. The van der Waals surface area contributed by atoms with Crippen LogP contribution in [-0.4, -0.2) is 17.7 Å². The number of rotatable bonds is 6. The number of carbonyl (C=O) groups is 1. The Morgan fingerprint density at radius 3 is 2.74 bits per heavy atom. The predicted molar refractivity (Wildman–Crippen MR) is 74.8 cm³/mol. The summed E-state index contributed by atoms with van der Waals surface area (Å²) >= 11 is 6.09. The van der Waals surface area contributed by atoms with Gasteiger partial charge in [-0.15, -0.1) is 0 Å². The molecule has 3 nitrogen and oxygen atoms in total. The Hall–Kier alpha value is -1.22. The SMILES string of the molecule is CC(C)(Cc1ccc(Cl)c(OCC2CC2)c1)C(=O)O. The summed E-state index contributed by atoms with van der Waals surface area (Å²) < 4.78 is 5.70. The Kier molecular flexibility index (Phi) is 4.04. The zero-order valence-electron chi connectivity index (χ0n) is 11.3. The van der Waals surface area contributed by atoms with Crippen LogP contribution >= 0.6 is 11.6 Å². The van der Waals surface area contributed by atoms with E-state index in [1.54, 1.807) is 19.9 Å². The van der Waals surface area contributed by atoms with Gasteiger partial charge in [0.05, 0.1) is 17.0 Å². The maximum absolute atomic E-state index is 11.1. The van der Waals surface area contributed by atoms with Gasteiger partial charge in [0.2, 0.25) is 0 Å². The van der Waals surface area contributed by atoms with Crippen molar-refractivity contribution in [3.05, 3.63) is 28.8 Å². The number of carboxylic acid groups (broad SMARTS) is 1. The minimum Gasteiger partial charge on any atom is -0.492 e. The summed E-state index contributed by atoms with van der Waals surface area (Å²) in [5.74, 6) is 0.519. The van der Waals surface area contributed by atoms with Crippen LogP contribution in [0.25, 0.3) is 0 Å². The number of hydrogen-bond donors (Lipinski definition) is 1. The molecule has 0 aliphatic heterocycles. The molecule has 1 fully saturated rings. The summed E-state index contributed by atoms with van der Waals surface area (Å²) in [4.78, 5) is 11.1. The maximum atomic E-state index is 11.1. The molecule has 1 aliphatic rings. The first-order valence-corrected chi connectivity index (χ1v) is 6.91. The molecule has 0 aromatic heterocycles. The summed E-state index contributed by atoms with van der Waals surface area (Å²) in [7, 11) is 0. The van der Waals surface area contributed by atoms with Crippen molar-refractivity contribution >= 4 is 17.6 Å². The van der Waals surface area contributed by atoms with E-state index in [0.29, 0.717) is 29.7 Å². The second-order valence-corrected chi connectivity index (χ2v) is 6.29. The molecular weight excluding hydrogens is 264 g/mol. The van der Waals surface area contributed by atoms with Crippen LogP contribution in [0.1, 0.15) is 32.3 Å². The summed E-state index contributed by atoms with van der Waals surface area (Å²) in [6, 6.07) is 5.49. The number of halogens is 1. The Balaban J connectivity index is 2.08. The van der Waals surface area contributed by atoms with E-state index in [-0.39, 0.29) is 0 Å². The first kappa shape index (κ1) is 14.2. The fourth-order valence-electron chi connectivity index (χ4n) is 1.85. The molecule has 0 radical (unpaired) electrons. The van der Waals surface area contributed by atoms with E-state index >= 15 is 0 Å². The van der Waals surface area contributed by atoms with Gasteiger partial charge >= 0.3 is 5.97 Å². The minimum atomic E-state index is -0.803. The molecule has 2 rings (SSSR count). The van der Waals surface area contributed by atoms with Gasteiger partial charge in [0.1, 0.15) is 5.75 Å². The highest BCUT2D eigenvalue weighted by atomic mass is 35.5. The van der Waals surface area contributed by atoms with Crippen LogP contribution < -0.4 is 4.74 Å². The van der Waals surface area contributed by atoms with E-state index in [1.165, 1.54) is 12.8 Å². The first-order chi connectivity index (χ1) is 8.88. The Morgan fingerprint density at radius 1 is 1.47 bits per heavy atom. The molecule has 0 amide bonds. The molecule has 0 unspecified atom stereocenters. The first-order valence-electron chi connectivity index (χ1n) is 6.53. The highest BCUT2D eigenvalue weighted by molar-refractivity contribution is 6.32. The average molecular weight is 283 g/mol. The molecular formula is C15H19ClO3. The van der Waals surface area contributed by atoms with Crippen LogP contribution in [0.15, 0.2) is 18.2 Å². The Labute approximate surface area is 118 Å². The van der Waals surface area contributed by atoms with Crippen molar-refractivity contribution in [2.75, 3.05) is 6.61 Å². The van der Waals surface area contributed by atoms with E-state index in [0.717, 1.165) is 5.56 Å². The van der Waals surface area contributed by atoms with E-state index in [1.807, 2.05) is 12.1 Å². The van der Waals surface area contributed by atoms with E-state index in [9.17, 15) is 4.79 Å². The van der Waals surface area contributed by atoms with Gasteiger partial charge in [0.15, 0.2) is 0 Å². The predicted octanol–water partition coefficient (Wildman–Crippen LogP) is 3.78. The van der Waals surface area contributed by atoms with Gasteiger partial charge in [-0.05, 0) is 56.7 Å². The van der Waals surface area contributed by atoms with Crippen molar-refractivity contribution in [2.24, 2.45) is 11.3 Å². The normalized spacial score (nSPS) is 15.3. The fourth-order valence-corrected chi connectivity index (χ4v) is 2.02. The molecule has 0 atom stereocenters. The molecule has 0 bridgehead atoms. The van der Waals surface area contributed by atoms with E-state index in [4.69, 9.17) is 21.4 Å². The number of ether oxygens (including phenoxy) is 1. The molecule has 4 heteroatoms. The highest BCUT2D eigenvalue weighted by Gasteiger charge is 2.28. The standard InChI is InChI=1S/C15H19ClO3/c1-15(2,14(17)18)8-11-5-6-12(16)13(7-11)19-9-10-3-4-10/h5-7,10H,3-4,8-9H2,1-2H3,(H,17,18). The molecule has 1 aromatic rings. The molecule has 0 saturated heterocycles. The Bertz CT molecular complexity index is 478. The number of carboxylic acids is 1. The van der Waals surface area contributed by atoms with Gasteiger partial charge in [-0.3, -0.25) is 4.79 Å². The van der Waals surface area contributed by atoms with Crippen molar-refractivity contribution < 1.29 is 14.6 Å². The molecule has 1 saturated carbocycles. The molecule has 1 aliphatic carbocycles. The summed E-state index contributed by atoms with van der Waals surface area (Å²) in [5.41, 5.74) is 0.143. The third-order valence-corrected chi connectivity index (χ3v) is 3.70. The van der Waals surface area contributed by atoms with Crippen LogP contribution in [0.5, 0.6) is 5.75 Å². The lowest BCUT2D eigenvalue weighted by atomic mass is 9.86. The smallest absolute Gasteiger partial charge is 0.309 e. The Morgan fingerprint density at radius 2 is 2.16 bits per heavy atom. The third-order valence-electron chi connectivity index (χ3n) is 3.39. The van der Waals surface area contributed by atoms with Gasteiger partial charge < -0.3 is 9.84 Å². The fraction of sp³-hybridized carbons (Fsp3) is 0.533. The van der Waals surface area contributed by atoms with Crippen molar-refractivity contribution in [1.29, 1.82) is 0 Å². The molecule has 0 heterocycles. The highest BCUT2D eigenvalue weighted by Crippen LogP contribution is 2.33. The van der Waals surface area contributed by atoms with Gasteiger partial charge in [0.25, 0.3) is 0 Å². The lowest BCUT2D eigenvalue weighted by Gasteiger charge is -2.19. The molecule has 19 heavy (non-hydrogen) atoms. The number of aliphatic carboxylic acids is 1. The van der Waals surface area contributed by atoms with Gasteiger partial charge in [-0.2, -0.15) is 0 Å². The second-order valence-electron chi connectivity index (χ2n) is 5.88. The van der Waals surface area contributed by atoms with Gasteiger partial charge in [-0.1, -0.05) is 17.7 Å². The van der Waals surface area contributed by atoms with Crippen molar-refractivity contribution in [3.8, 4) is 5.75 Å². The summed E-state index contributed by atoms with van der Waals surface area (Å²) in [6.07, 6.45) is 2.91. The van der Waals surface area contributed by atoms with E-state index < -0.39 is 11.4 Å². The largest absolute Gasteiger partial charge is 0.492 e. The van der Waals surface area contributed by atoms with E-state index in [2.05, 4.69) is 0 Å². The maximum Gasteiger partial charge on any atom is 0.309 e. The minimum absolute atomic E-state index is 0.458. The number of hydrogen-bond acceptors (Lipinski definition) is 2. The topological polar surface area (TPSA) is 46.5 Å². The zero-order chi connectivity index (χ0) is 14.0. The summed E-state index contributed by atoms with van der Waals surface area (Å²) in [6.45, 7) is 4.13. The molecule has 1 aromatic carbocycles. The van der Waals surface area contributed by atoms with Crippen LogP contribution in [0, 0.1) is 11.3 Å². The monoisotopic (exact) mass is 282 g/mol. The lowest BCUT2D eigenvalue weighted by molar-refractivity contribution is -0.146. The zero-order valence-corrected chi connectivity index (χ0v) is 12.0. The van der Waals surface area contributed by atoms with Crippen molar-refractivity contribution in [2.45, 2.75) is 33.1 Å². The second kappa shape index (κ2) is 5.41. The molecule has 104 valence electrons. The quantitative estimate of drug-likeness (QED) is 0.864. The lowest BCUT2D eigenvalue weighted by Crippen LogP contribution is -2.26. The van der Waals surface area contributed by atoms with Crippen LogP contribution in [0.4, 0.5) is 0 Å². The average Bonchev–Trinajstić information content (AvgIpc) is 3.13.